The number of esters is 2. The molecule has 0 atom stereocenters. The van der Waals surface area contributed by atoms with Gasteiger partial charge in [0.05, 0.1) is 23.7 Å². The Balaban J connectivity index is 2.13. The summed E-state index contributed by atoms with van der Waals surface area (Å²) in [7, 11) is 0. The number of carbonyl (C=O) groups excluding carboxylic acids is 2. The molecule has 0 unspecified atom stereocenters. The van der Waals surface area contributed by atoms with Crippen molar-refractivity contribution >= 4 is 29.2 Å². The Morgan fingerprint density at radius 2 is 1.87 bits per heavy atom. The van der Waals surface area contributed by atoms with Crippen LogP contribution in [0.3, 0.4) is 0 Å². The first-order chi connectivity index (χ1) is 14.4. The molecule has 1 aromatic carbocycles. The highest BCUT2D eigenvalue weighted by Gasteiger charge is 2.26. The lowest BCUT2D eigenvalue weighted by molar-refractivity contribution is -0.384. The Morgan fingerprint density at radius 1 is 1.17 bits per heavy atom. The Bertz CT molecular complexity index is 1080. The molecule has 156 valence electrons. The normalized spacial score (nSPS) is 10.6. The molecule has 3 aromatic rings. The molecule has 0 aliphatic carbocycles. The van der Waals surface area contributed by atoms with Crippen molar-refractivity contribution in [2.45, 2.75) is 13.8 Å². The van der Waals surface area contributed by atoms with Crippen LogP contribution >= 0.6 is 11.6 Å². The van der Waals surface area contributed by atoms with Gasteiger partial charge in [0.1, 0.15) is 11.4 Å². The molecule has 30 heavy (non-hydrogen) atoms. The van der Waals surface area contributed by atoms with Crippen molar-refractivity contribution in [2.24, 2.45) is 0 Å². The smallest absolute Gasteiger partial charge is 0.355 e. The van der Waals surface area contributed by atoms with E-state index in [9.17, 15) is 19.7 Å². The van der Waals surface area contributed by atoms with Crippen LogP contribution in [0.15, 0.2) is 42.9 Å². The number of halogens is 1. The zero-order chi connectivity index (χ0) is 21.8. The first-order valence-electron chi connectivity index (χ1n) is 9.05. The average molecular weight is 432 g/mol. The highest BCUT2D eigenvalue weighted by atomic mass is 35.5. The highest BCUT2D eigenvalue weighted by molar-refractivity contribution is 6.30. The van der Waals surface area contributed by atoms with Crippen LogP contribution < -0.4 is 0 Å². The number of benzene rings is 1. The first kappa shape index (κ1) is 21.1. The van der Waals surface area contributed by atoms with E-state index in [1.807, 2.05) is 0 Å². The van der Waals surface area contributed by atoms with Gasteiger partial charge in [0, 0.05) is 40.8 Å². The number of hydrogen-bond donors (Lipinski definition) is 1. The zero-order valence-corrected chi connectivity index (χ0v) is 16.9. The van der Waals surface area contributed by atoms with Crippen LogP contribution in [0.1, 0.15) is 34.7 Å². The number of rotatable bonds is 7. The van der Waals surface area contributed by atoms with Crippen LogP contribution in [-0.4, -0.2) is 39.6 Å². The maximum absolute atomic E-state index is 12.4. The number of H-pyrrole nitrogens is 1. The molecule has 10 heteroatoms. The molecule has 3 rings (SSSR count). The molecule has 0 radical (unpaired) electrons. The fourth-order valence-corrected chi connectivity index (χ4v) is 3.18. The van der Waals surface area contributed by atoms with Gasteiger partial charge >= 0.3 is 11.9 Å². The van der Waals surface area contributed by atoms with Crippen LogP contribution in [0.5, 0.6) is 0 Å². The fourth-order valence-electron chi connectivity index (χ4n) is 3.01. The molecule has 0 spiro atoms. The molecular weight excluding hydrogens is 414 g/mol. The number of nitrogens with one attached hydrogen (secondary N) is 1. The van der Waals surface area contributed by atoms with Crippen molar-refractivity contribution in [3.63, 3.8) is 0 Å². The van der Waals surface area contributed by atoms with Crippen molar-refractivity contribution in [1.82, 2.24) is 9.55 Å². The molecule has 0 fully saturated rings. The monoisotopic (exact) mass is 431 g/mol. The van der Waals surface area contributed by atoms with Crippen molar-refractivity contribution in [3.05, 3.63) is 69.3 Å². The van der Waals surface area contributed by atoms with Crippen molar-refractivity contribution in [1.29, 1.82) is 0 Å². The number of nitro groups is 1. The Hall–Kier alpha value is -3.59. The summed E-state index contributed by atoms with van der Waals surface area (Å²) in [5.41, 5.74) is 1.11. The number of nitrogens with zero attached hydrogens (tertiary/aromatic N) is 2. The lowest BCUT2D eigenvalue weighted by Crippen LogP contribution is -2.09. The van der Waals surface area contributed by atoms with Gasteiger partial charge in [0.2, 0.25) is 0 Å². The van der Waals surface area contributed by atoms with E-state index in [1.165, 1.54) is 29.0 Å². The maximum atomic E-state index is 12.4. The summed E-state index contributed by atoms with van der Waals surface area (Å²) in [6.45, 7) is 3.66. The van der Waals surface area contributed by atoms with Crippen LogP contribution in [0.25, 0.3) is 16.8 Å². The molecule has 0 saturated heterocycles. The lowest BCUT2D eigenvalue weighted by Gasteiger charge is -2.07. The van der Waals surface area contributed by atoms with Gasteiger partial charge in [0.15, 0.2) is 0 Å². The second-order valence-electron chi connectivity index (χ2n) is 6.09. The van der Waals surface area contributed by atoms with E-state index in [4.69, 9.17) is 21.1 Å². The minimum Gasteiger partial charge on any atom is -0.462 e. The van der Waals surface area contributed by atoms with Crippen LogP contribution in [0.2, 0.25) is 5.02 Å². The second-order valence-corrected chi connectivity index (χ2v) is 6.53. The van der Waals surface area contributed by atoms with Gasteiger partial charge in [0.25, 0.3) is 5.69 Å². The number of carbonyl (C=O) groups is 2. The van der Waals surface area contributed by atoms with Crippen LogP contribution in [-0.2, 0) is 9.47 Å². The van der Waals surface area contributed by atoms with Crippen molar-refractivity contribution < 1.29 is 24.0 Å². The molecule has 9 nitrogen and oxygen atoms in total. The molecule has 2 aromatic heterocycles. The summed E-state index contributed by atoms with van der Waals surface area (Å²) < 4.78 is 11.7. The largest absolute Gasteiger partial charge is 0.462 e. The molecule has 0 amide bonds. The predicted molar refractivity (Wildman–Crippen MR) is 109 cm³/mol. The van der Waals surface area contributed by atoms with Gasteiger partial charge in [-0.25, -0.2) is 9.59 Å². The van der Waals surface area contributed by atoms with E-state index >= 15 is 0 Å². The Labute approximate surface area is 176 Å². The van der Waals surface area contributed by atoms with E-state index in [0.29, 0.717) is 11.1 Å². The zero-order valence-electron chi connectivity index (χ0n) is 16.2. The fraction of sp³-hybridized carbons (Fsp3) is 0.200. The summed E-state index contributed by atoms with van der Waals surface area (Å²) in [6.07, 6.45) is 4.54. The summed E-state index contributed by atoms with van der Waals surface area (Å²) in [5, 5.41) is 11.7. The average Bonchev–Trinajstić information content (AvgIpc) is 3.35. The summed E-state index contributed by atoms with van der Waals surface area (Å²) in [4.78, 5) is 38.4. The molecule has 0 saturated carbocycles. The SMILES string of the molecule is CCOC(=O)c1c[nH]c(C(=O)OCC)c1-c1ccn(-c2ccc(Cl)cc2[N+](=O)[O-])c1. The van der Waals surface area contributed by atoms with Crippen LogP contribution in [0.4, 0.5) is 5.69 Å². The lowest BCUT2D eigenvalue weighted by atomic mass is 10.0. The third-order valence-electron chi connectivity index (χ3n) is 4.25. The van der Waals surface area contributed by atoms with E-state index in [0.717, 1.165) is 0 Å². The number of aromatic nitrogens is 2. The summed E-state index contributed by atoms with van der Waals surface area (Å²) >= 11 is 5.88. The molecule has 0 aliphatic rings. The quantitative estimate of drug-likeness (QED) is 0.337. The molecule has 0 aliphatic heterocycles. The van der Waals surface area contributed by atoms with Gasteiger partial charge in [-0.2, -0.15) is 0 Å². The summed E-state index contributed by atoms with van der Waals surface area (Å²) in [5.74, 6) is -1.24. The number of aromatic amines is 1. The minimum atomic E-state index is -0.631. The first-order valence-corrected chi connectivity index (χ1v) is 9.43. The van der Waals surface area contributed by atoms with Gasteiger partial charge < -0.3 is 19.0 Å². The third-order valence-corrected chi connectivity index (χ3v) is 4.48. The standard InChI is InChI=1S/C20H18ClN3O6/c1-3-29-19(25)14-10-22-18(20(26)30-4-2)17(14)12-7-8-23(11-12)15-6-5-13(21)9-16(15)24(27)28/h5-11,22H,3-4H2,1-2H3. The maximum Gasteiger partial charge on any atom is 0.355 e. The molecular formula is C20H18ClN3O6. The van der Waals surface area contributed by atoms with Crippen molar-refractivity contribution in [2.75, 3.05) is 13.2 Å². The van der Waals surface area contributed by atoms with Gasteiger partial charge in [-0.1, -0.05) is 11.6 Å². The number of ether oxygens (including phenoxy) is 2. The van der Waals surface area contributed by atoms with Crippen LogP contribution in [0, 0.1) is 10.1 Å². The Kier molecular flexibility index (Phi) is 6.22. The third kappa shape index (κ3) is 4.06. The van der Waals surface area contributed by atoms with E-state index in [-0.39, 0.29) is 40.9 Å². The van der Waals surface area contributed by atoms with E-state index in [1.54, 1.807) is 32.3 Å². The minimum absolute atomic E-state index is 0.0864. The predicted octanol–water partition coefficient (Wildman–Crippen LogP) is 4.39. The van der Waals surface area contributed by atoms with Gasteiger partial charge in [-0.05, 0) is 32.0 Å². The molecule has 1 N–H and O–H groups in total. The van der Waals surface area contributed by atoms with E-state index in [2.05, 4.69) is 4.98 Å². The van der Waals surface area contributed by atoms with Gasteiger partial charge in [-0.15, -0.1) is 0 Å². The number of hydrogen-bond acceptors (Lipinski definition) is 6. The van der Waals surface area contributed by atoms with Gasteiger partial charge in [-0.3, -0.25) is 10.1 Å². The van der Waals surface area contributed by atoms with Crippen molar-refractivity contribution in [3.8, 4) is 16.8 Å². The molecule has 0 bridgehead atoms. The molecule has 2 heterocycles. The Morgan fingerprint density at radius 3 is 2.53 bits per heavy atom. The topological polar surface area (TPSA) is 116 Å². The second kappa shape index (κ2) is 8.83. The van der Waals surface area contributed by atoms with E-state index < -0.39 is 16.9 Å². The number of nitro benzene ring substituents is 1. The highest BCUT2D eigenvalue weighted by Crippen LogP contribution is 2.32. The summed E-state index contributed by atoms with van der Waals surface area (Å²) in [6, 6.07) is 5.93.